The van der Waals surface area contributed by atoms with Gasteiger partial charge in [0.25, 0.3) is 0 Å². The van der Waals surface area contributed by atoms with Gasteiger partial charge in [-0.05, 0) is 43.7 Å². The predicted octanol–water partition coefficient (Wildman–Crippen LogP) is 3.52. The van der Waals surface area contributed by atoms with Crippen LogP contribution in [-0.4, -0.2) is 47.0 Å². The van der Waals surface area contributed by atoms with Gasteiger partial charge in [-0.1, -0.05) is 0 Å². The number of guanidine groups is 1. The van der Waals surface area contributed by atoms with Crippen molar-refractivity contribution >= 4 is 35.6 Å². The zero-order chi connectivity index (χ0) is 17.4. The highest BCUT2D eigenvalue weighted by Crippen LogP contribution is 2.48. The van der Waals surface area contributed by atoms with Crippen molar-refractivity contribution in [3.63, 3.8) is 0 Å². The molecule has 6 nitrogen and oxygen atoms in total. The summed E-state index contributed by atoms with van der Waals surface area (Å²) in [5, 5.41) is 6.72. The van der Waals surface area contributed by atoms with Crippen molar-refractivity contribution in [2.24, 2.45) is 10.4 Å². The van der Waals surface area contributed by atoms with Gasteiger partial charge in [-0.15, -0.1) is 24.0 Å². The molecule has 1 aromatic rings. The van der Waals surface area contributed by atoms with Gasteiger partial charge in [-0.2, -0.15) is 0 Å². The summed E-state index contributed by atoms with van der Waals surface area (Å²) >= 11 is 0. The molecule has 0 spiro atoms. The quantitative estimate of drug-likeness (QED) is 0.254. The first kappa shape index (κ1) is 21.8. The predicted molar refractivity (Wildman–Crippen MR) is 113 cm³/mol. The molecule has 2 N–H and O–H groups in total. The normalized spacial score (nSPS) is 15.1. The molecule has 0 unspecified atom stereocenters. The van der Waals surface area contributed by atoms with Crippen LogP contribution in [0.15, 0.2) is 23.2 Å². The van der Waals surface area contributed by atoms with E-state index in [0.29, 0.717) is 16.9 Å². The van der Waals surface area contributed by atoms with Crippen LogP contribution < -0.4 is 20.1 Å². The number of rotatable bonds is 9. The summed E-state index contributed by atoms with van der Waals surface area (Å²) in [5.41, 5.74) is 1.27. The van der Waals surface area contributed by atoms with E-state index in [1.54, 1.807) is 21.3 Å². The van der Waals surface area contributed by atoms with Crippen molar-refractivity contribution in [3.8, 4) is 11.5 Å². The number of ether oxygens (including phenoxy) is 3. The summed E-state index contributed by atoms with van der Waals surface area (Å²) in [6, 6.07) is 5.71. The monoisotopic (exact) mass is 463 g/mol. The van der Waals surface area contributed by atoms with Crippen molar-refractivity contribution in [3.05, 3.63) is 18.2 Å². The van der Waals surface area contributed by atoms with Crippen LogP contribution in [0.1, 0.15) is 26.2 Å². The smallest absolute Gasteiger partial charge is 0.195 e. The number of nitrogens with one attached hydrogen (secondary N) is 2. The molecule has 1 aromatic carbocycles. The molecule has 0 bridgehead atoms. The molecule has 2 rings (SSSR count). The van der Waals surface area contributed by atoms with Crippen molar-refractivity contribution < 1.29 is 14.2 Å². The van der Waals surface area contributed by atoms with E-state index in [0.717, 1.165) is 37.8 Å². The molecule has 0 amide bonds. The number of hydrogen-bond donors (Lipinski definition) is 2. The van der Waals surface area contributed by atoms with E-state index in [1.165, 1.54) is 12.8 Å². The number of benzene rings is 1. The maximum Gasteiger partial charge on any atom is 0.195 e. The van der Waals surface area contributed by atoms with Crippen LogP contribution in [0.2, 0.25) is 0 Å². The topological polar surface area (TPSA) is 64.1 Å². The molecule has 0 aromatic heterocycles. The van der Waals surface area contributed by atoms with Gasteiger partial charge >= 0.3 is 0 Å². The third kappa shape index (κ3) is 6.54. The molecule has 1 saturated carbocycles. The fourth-order valence-corrected chi connectivity index (χ4v) is 2.63. The van der Waals surface area contributed by atoms with Crippen LogP contribution in [0.4, 0.5) is 5.69 Å². The Labute approximate surface area is 167 Å². The second-order valence-corrected chi connectivity index (χ2v) is 6.07. The van der Waals surface area contributed by atoms with Crippen LogP contribution in [0.25, 0.3) is 0 Å². The highest BCUT2D eigenvalue weighted by Gasteiger charge is 2.41. The highest BCUT2D eigenvalue weighted by atomic mass is 127. The van der Waals surface area contributed by atoms with E-state index >= 15 is 0 Å². The summed E-state index contributed by atoms with van der Waals surface area (Å²) < 4.78 is 16.1. The molecule has 1 fully saturated rings. The number of nitrogens with zero attached hydrogens (tertiary/aromatic N) is 1. The first-order valence-corrected chi connectivity index (χ1v) is 8.44. The molecule has 7 heteroatoms. The molecule has 0 heterocycles. The Morgan fingerprint density at radius 3 is 2.48 bits per heavy atom. The molecular formula is C18H30IN3O3. The summed E-state index contributed by atoms with van der Waals surface area (Å²) in [6.07, 6.45) is 3.60. The van der Waals surface area contributed by atoms with Crippen LogP contribution in [0, 0.1) is 5.41 Å². The lowest BCUT2D eigenvalue weighted by atomic mass is 10.0. The average molecular weight is 463 g/mol. The van der Waals surface area contributed by atoms with E-state index in [1.807, 2.05) is 25.1 Å². The minimum atomic E-state index is 0. The zero-order valence-electron chi connectivity index (χ0n) is 15.6. The Hall–Kier alpha value is -1.22. The van der Waals surface area contributed by atoms with E-state index in [9.17, 15) is 0 Å². The van der Waals surface area contributed by atoms with Gasteiger partial charge in [0.2, 0.25) is 0 Å². The summed E-state index contributed by atoms with van der Waals surface area (Å²) in [4.78, 5) is 4.30. The van der Waals surface area contributed by atoms with Crippen molar-refractivity contribution in [1.82, 2.24) is 5.32 Å². The number of anilines is 1. The molecule has 0 atom stereocenters. The van der Waals surface area contributed by atoms with E-state index in [2.05, 4.69) is 15.6 Å². The number of methoxy groups -OCH3 is 2. The van der Waals surface area contributed by atoms with Crippen molar-refractivity contribution in [2.75, 3.05) is 46.3 Å². The first-order valence-electron chi connectivity index (χ1n) is 8.44. The lowest BCUT2D eigenvalue weighted by Gasteiger charge is -2.19. The van der Waals surface area contributed by atoms with Crippen molar-refractivity contribution in [2.45, 2.75) is 26.2 Å². The molecule has 142 valence electrons. The standard InChI is InChI=1S/C18H29N3O3.HI/c1-5-24-11-10-18(8-9-18)13-20-17(19-2)21-14-6-7-15(22-3)16(12-14)23-4;/h6-7,12H,5,8-11,13H2,1-4H3,(H2,19,20,21);1H. The van der Waals surface area contributed by atoms with Crippen LogP contribution >= 0.6 is 24.0 Å². The third-order valence-corrected chi connectivity index (χ3v) is 4.44. The largest absolute Gasteiger partial charge is 0.493 e. The minimum absolute atomic E-state index is 0. The van der Waals surface area contributed by atoms with Gasteiger partial charge in [0.05, 0.1) is 14.2 Å². The third-order valence-electron chi connectivity index (χ3n) is 4.44. The molecule has 1 aliphatic rings. The number of halogens is 1. The Bertz CT molecular complexity index is 562. The fraction of sp³-hybridized carbons (Fsp3) is 0.611. The highest BCUT2D eigenvalue weighted by molar-refractivity contribution is 14.0. The Kier molecular flexibility index (Phi) is 9.34. The second-order valence-electron chi connectivity index (χ2n) is 6.07. The summed E-state index contributed by atoms with van der Waals surface area (Å²) in [5.74, 6) is 2.15. The lowest BCUT2D eigenvalue weighted by molar-refractivity contribution is 0.128. The van der Waals surface area contributed by atoms with E-state index in [4.69, 9.17) is 14.2 Å². The van der Waals surface area contributed by atoms with Gasteiger partial charge in [0.1, 0.15) is 0 Å². The molecule has 0 saturated heterocycles. The van der Waals surface area contributed by atoms with Crippen LogP contribution in [-0.2, 0) is 4.74 Å². The van der Waals surface area contributed by atoms with Crippen LogP contribution in [0.3, 0.4) is 0 Å². The number of aliphatic imine (C=N–C) groups is 1. The second kappa shape index (κ2) is 10.7. The number of hydrogen-bond acceptors (Lipinski definition) is 4. The van der Waals surface area contributed by atoms with Gasteiger partial charge < -0.3 is 24.8 Å². The van der Waals surface area contributed by atoms with E-state index in [-0.39, 0.29) is 24.0 Å². The van der Waals surface area contributed by atoms with Crippen LogP contribution in [0.5, 0.6) is 11.5 Å². The molecular weight excluding hydrogens is 433 g/mol. The SMILES string of the molecule is CCOCCC1(CNC(=NC)Nc2ccc(OC)c(OC)c2)CC1.I. The lowest BCUT2D eigenvalue weighted by Crippen LogP contribution is -2.35. The fourth-order valence-electron chi connectivity index (χ4n) is 2.63. The minimum Gasteiger partial charge on any atom is -0.493 e. The first-order chi connectivity index (χ1) is 11.7. The average Bonchev–Trinajstić information content (AvgIpc) is 3.38. The molecule has 25 heavy (non-hydrogen) atoms. The molecule has 0 aliphatic heterocycles. The summed E-state index contributed by atoms with van der Waals surface area (Å²) in [6.45, 7) is 4.56. The molecule has 0 radical (unpaired) electrons. The Balaban J connectivity index is 0.00000312. The van der Waals surface area contributed by atoms with Gasteiger partial charge in [-0.25, -0.2) is 0 Å². The maximum absolute atomic E-state index is 5.49. The maximum atomic E-state index is 5.49. The van der Waals surface area contributed by atoms with Gasteiger partial charge in [0.15, 0.2) is 17.5 Å². The Morgan fingerprint density at radius 2 is 1.92 bits per heavy atom. The molecule has 1 aliphatic carbocycles. The van der Waals surface area contributed by atoms with E-state index < -0.39 is 0 Å². The van der Waals surface area contributed by atoms with Gasteiger partial charge in [0, 0.05) is 38.6 Å². The van der Waals surface area contributed by atoms with Gasteiger partial charge in [-0.3, -0.25) is 4.99 Å². The van der Waals surface area contributed by atoms with Crippen molar-refractivity contribution in [1.29, 1.82) is 0 Å². The zero-order valence-corrected chi connectivity index (χ0v) is 17.9. The summed E-state index contributed by atoms with van der Waals surface area (Å²) in [7, 11) is 5.03. The Morgan fingerprint density at radius 1 is 1.20 bits per heavy atom.